The third-order valence-corrected chi connectivity index (χ3v) is 2.46. The second-order valence-electron chi connectivity index (χ2n) is 3.65. The lowest BCUT2D eigenvalue weighted by atomic mass is 10.3. The van der Waals surface area contributed by atoms with Gasteiger partial charge in [-0.3, -0.25) is 0 Å². The highest BCUT2D eigenvalue weighted by atomic mass is 19.4. The van der Waals surface area contributed by atoms with E-state index in [0.717, 1.165) is 31.6 Å². The topological polar surface area (TPSA) is 12.5 Å². The van der Waals surface area contributed by atoms with Crippen LogP contribution < -0.4 is 9.64 Å². The highest BCUT2D eigenvalue weighted by Gasteiger charge is 2.31. The van der Waals surface area contributed by atoms with Gasteiger partial charge in [0.1, 0.15) is 5.75 Å². The molecule has 1 aromatic rings. The molecule has 1 aliphatic rings. The predicted octanol–water partition coefficient (Wildman–Crippen LogP) is 2.99. The van der Waals surface area contributed by atoms with E-state index in [9.17, 15) is 13.2 Å². The van der Waals surface area contributed by atoms with Gasteiger partial charge in [0, 0.05) is 30.9 Å². The molecule has 1 heterocycles. The Bertz CT molecular complexity index is 358. The summed E-state index contributed by atoms with van der Waals surface area (Å²) in [7, 11) is 0. The van der Waals surface area contributed by atoms with E-state index < -0.39 is 6.36 Å². The normalized spacial score (nSPS) is 16.6. The molecule has 2 rings (SSSR count). The number of hydrogen-bond acceptors (Lipinski definition) is 2. The Morgan fingerprint density at radius 2 is 1.94 bits per heavy atom. The maximum Gasteiger partial charge on any atom is 0.573 e. The molecule has 1 aliphatic heterocycles. The summed E-state index contributed by atoms with van der Waals surface area (Å²) >= 11 is 0. The van der Waals surface area contributed by atoms with Crippen molar-refractivity contribution in [2.75, 3.05) is 18.0 Å². The summed E-state index contributed by atoms with van der Waals surface area (Å²) in [5.74, 6) is -0.281. The molecule has 0 aromatic heterocycles. The van der Waals surface area contributed by atoms with Crippen molar-refractivity contribution in [3.8, 4) is 5.75 Å². The van der Waals surface area contributed by atoms with Crippen LogP contribution in [-0.4, -0.2) is 19.5 Å². The Labute approximate surface area is 91.6 Å². The van der Waals surface area contributed by atoms with Crippen LogP contribution in [0.15, 0.2) is 18.2 Å². The zero-order valence-corrected chi connectivity index (χ0v) is 8.55. The van der Waals surface area contributed by atoms with Gasteiger partial charge >= 0.3 is 6.36 Å². The van der Waals surface area contributed by atoms with E-state index in [2.05, 4.69) is 10.8 Å². The van der Waals surface area contributed by atoms with Crippen molar-refractivity contribution >= 4 is 5.69 Å². The highest BCUT2D eigenvalue weighted by Crippen LogP contribution is 2.27. The molecule has 0 atom stereocenters. The molecule has 0 saturated carbocycles. The number of hydrogen-bond donors (Lipinski definition) is 0. The zero-order valence-electron chi connectivity index (χ0n) is 8.55. The minimum absolute atomic E-state index is 0.281. The van der Waals surface area contributed by atoms with Crippen LogP contribution in [0.25, 0.3) is 0 Å². The standard InChI is InChI=1S/C11H11F3NO/c12-11(13,14)16-10-5-3-4-9(8-10)15-6-1-2-7-15/h3-4,8H,1-2,6-7H2. The van der Waals surface area contributed by atoms with E-state index in [-0.39, 0.29) is 5.75 Å². The summed E-state index contributed by atoms with van der Waals surface area (Å²) in [5.41, 5.74) is 0.760. The van der Waals surface area contributed by atoms with Gasteiger partial charge in [-0.05, 0) is 25.0 Å². The SMILES string of the molecule is FC(F)(F)Oc1[c]ccc(N2CCCC2)c1. The van der Waals surface area contributed by atoms with Gasteiger partial charge in [-0.15, -0.1) is 13.2 Å². The molecular weight excluding hydrogens is 219 g/mol. The Morgan fingerprint density at radius 3 is 2.56 bits per heavy atom. The van der Waals surface area contributed by atoms with E-state index in [1.165, 1.54) is 12.1 Å². The number of halogens is 3. The van der Waals surface area contributed by atoms with Crippen molar-refractivity contribution in [2.45, 2.75) is 19.2 Å². The summed E-state index contributed by atoms with van der Waals surface area (Å²) in [6, 6.07) is 6.99. The van der Waals surface area contributed by atoms with Crippen LogP contribution in [0.5, 0.6) is 5.75 Å². The Balaban J connectivity index is 2.12. The molecule has 1 saturated heterocycles. The molecule has 1 aromatic carbocycles. The van der Waals surface area contributed by atoms with E-state index in [1.807, 2.05) is 4.90 Å². The fourth-order valence-electron chi connectivity index (χ4n) is 1.79. The average molecular weight is 230 g/mol. The van der Waals surface area contributed by atoms with Crippen LogP contribution in [0.3, 0.4) is 0 Å². The number of benzene rings is 1. The van der Waals surface area contributed by atoms with Crippen molar-refractivity contribution in [2.24, 2.45) is 0 Å². The van der Waals surface area contributed by atoms with Crippen molar-refractivity contribution in [3.05, 3.63) is 24.3 Å². The third kappa shape index (κ3) is 2.81. The average Bonchev–Trinajstić information content (AvgIpc) is 2.68. The number of ether oxygens (including phenoxy) is 1. The van der Waals surface area contributed by atoms with Gasteiger partial charge in [-0.25, -0.2) is 0 Å². The van der Waals surface area contributed by atoms with E-state index in [0.29, 0.717) is 0 Å². The van der Waals surface area contributed by atoms with Crippen LogP contribution >= 0.6 is 0 Å². The van der Waals surface area contributed by atoms with Gasteiger partial charge in [-0.1, -0.05) is 0 Å². The fourth-order valence-corrected chi connectivity index (χ4v) is 1.79. The second kappa shape index (κ2) is 4.23. The smallest absolute Gasteiger partial charge is 0.405 e. The zero-order chi connectivity index (χ0) is 11.6. The number of rotatable bonds is 2. The summed E-state index contributed by atoms with van der Waals surface area (Å²) in [4.78, 5) is 2.04. The molecule has 0 unspecified atom stereocenters. The minimum atomic E-state index is -4.65. The molecular formula is C11H11F3NO. The van der Waals surface area contributed by atoms with Gasteiger partial charge < -0.3 is 9.64 Å². The molecule has 87 valence electrons. The van der Waals surface area contributed by atoms with E-state index >= 15 is 0 Å². The largest absolute Gasteiger partial charge is 0.573 e. The highest BCUT2D eigenvalue weighted by molar-refractivity contribution is 5.50. The first-order valence-corrected chi connectivity index (χ1v) is 5.07. The summed E-state index contributed by atoms with van der Waals surface area (Å²) in [6.45, 7) is 1.77. The summed E-state index contributed by atoms with van der Waals surface area (Å²) in [6.07, 6.45) is -2.50. The monoisotopic (exact) mass is 230 g/mol. The third-order valence-electron chi connectivity index (χ3n) is 2.46. The van der Waals surface area contributed by atoms with Crippen molar-refractivity contribution < 1.29 is 17.9 Å². The Hall–Kier alpha value is -1.39. The van der Waals surface area contributed by atoms with Gasteiger partial charge in [0.2, 0.25) is 0 Å². The molecule has 2 nitrogen and oxygen atoms in total. The molecule has 0 spiro atoms. The lowest BCUT2D eigenvalue weighted by Crippen LogP contribution is -2.19. The van der Waals surface area contributed by atoms with Crippen LogP contribution in [0, 0.1) is 6.07 Å². The van der Waals surface area contributed by atoms with Gasteiger partial charge in [0.15, 0.2) is 0 Å². The van der Waals surface area contributed by atoms with Crippen LogP contribution in [-0.2, 0) is 0 Å². The predicted molar refractivity (Wildman–Crippen MR) is 53.4 cm³/mol. The first kappa shape index (κ1) is 11.1. The fraction of sp³-hybridized carbons (Fsp3) is 0.455. The number of alkyl halides is 3. The Morgan fingerprint density at radius 1 is 1.25 bits per heavy atom. The van der Waals surface area contributed by atoms with Gasteiger partial charge in [0.25, 0.3) is 0 Å². The van der Waals surface area contributed by atoms with Gasteiger partial charge in [0.05, 0.1) is 0 Å². The quantitative estimate of drug-likeness (QED) is 0.774. The summed E-state index contributed by atoms with van der Waals surface area (Å²) < 4.78 is 39.8. The molecule has 1 fully saturated rings. The second-order valence-corrected chi connectivity index (χ2v) is 3.65. The van der Waals surface area contributed by atoms with E-state index in [1.54, 1.807) is 6.07 Å². The van der Waals surface area contributed by atoms with Crippen molar-refractivity contribution in [3.63, 3.8) is 0 Å². The molecule has 0 N–H and O–H groups in total. The van der Waals surface area contributed by atoms with E-state index in [4.69, 9.17) is 0 Å². The minimum Gasteiger partial charge on any atom is -0.405 e. The molecule has 0 bridgehead atoms. The first-order chi connectivity index (χ1) is 7.54. The molecule has 0 amide bonds. The molecule has 0 aliphatic carbocycles. The van der Waals surface area contributed by atoms with Crippen LogP contribution in [0.4, 0.5) is 18.9 Å². The summed E-state index contributed by atoms with van der Waals surface area (Å²) in [5, 5.41) is 0. The van der Waals surface area contributed by atoms with Crippen molar-refractivity contribution in [1.82, 2.24) is 0 Å². The van der Waals surface area contributed by atoms with Crippen molar-refractivity contribution in [1.29, 1.82) is 0 Å². The first-order valence-electron chi connectivity index (χ1n) is 5.07. The number of nitrogens with zero attached hydrogens (tertiary/aromatic N) is 1. The lowest BCUT2D eigenvalue weighted by Gasteiger charge is -2.18. The van der Waals surface area contributed by atoms with Crippen LogP contribution in [0.2, 0.25) is 0 Å². The molecule has 16 heavy (non-hydrogen) atoms. The molecule has 1 radical (unpaired) electrons. The molecule has 5 heteroatoms. The maximum atomic E-state index is 12.0. The Kier molecular flexibility index (Phi) is 2.94. The maximum absolute atomic E-state index is 12.0. The van der Waals surface area contributed by atoms with Crippen LogP contribution in [0.1, 0.15) is 12.8 Å². The number of anilines is 1. The van der Waals surface area contributed by atoms with Gasteiger partial charge in [-0.2, -0.15) is 0 Å². The lowest BCUT2D eigenvalue weighted by molar-refractivity contribution is -0.274.